The van der Waals surface area contributed by atoms with E-state index < -0.39 is 5.91 Å². The van der Waals surface area contributed by atoms with Gasteiger partial charge in [0.25, 0.3) is 5.91 Å². The minimum Gasteiger partial charge on any atom is -0.507 e. The molecule has 7 heteroatoms. The van der Waals surface area contributed by atoms with Crippen molar-refractivity contribution in [3.63, 3.8) is 0 Å². The number of aromatic hydroxyl groups is 1. The number of phenolic OH excluding ortho intramolecular Hbond substituents is 1. The van der Waals surface area contributed by atoms with E-state index >= 15 is 0 Å². The first kappa shape index (κ1) is 13.1. The Balaban J connectivity index is 2.22. The van der Waals surface area contributed by atoms with Gasteiger partial charge < -0.3 is 15.2 Å². The number of hydrogen-bond acceptors (Lipinski definition) is 5. The van der Waals surface area contributed by atoms with Crippen LogP contribution in [0.25, 0.3) is 0 Å². The average Bonchev–Trinajstić information content (AvgIpc) is 2.42. The number of phenols is 1. The number of aromatic nitrogens is 2. The molecular weight excluding hydrogens is 270 g/mol. The number of amides is 1. The van der Waals surface area contributed by atoms with Crippen LogP contribution in [-0.4, -0.2) is 28.3 Å². The van der Waals surface area contributed by atoms with Crippen molar-refractivity contribution < 1.29 is 14.6 Å². The lowest BCUT2D eigenvalue weighted by atomic mass is 10.1. The van der Waals surface area contributed by atoms with Crippen LogP contribution in [0.15, 0.2) is 30.3 Å². The summed E-state index contributed by atoms with van der Waals surface area (Å²) in [6.45, 7) is 0. The zero-order valence-corrected chi connectivity index (χ0v) is 10.7. The summed E-state index contributed by atoms with van der Waals surface area (Å²) >= 11 is 5.59. The summed E-state index contributed by atoms with van der Waals surface area (Å²) in [4.78, 5) is 12.0. The summed E-state index contributed by atoms with van der Waals surface area (Å²) in [5.74, 6) is 0.0232. The molecular formula is C12H10ClN3O3. The van der Waals surface area contributed by atoms with Gasteiger partial charge in [0.15, 0.2) is 11.0 Å². The van der Waals surface area contributed by atoms with Crippen LogP contribution in [-0.2, 0) is 0 Å². The van der Waals surface area contributed by atoms with Crippen molar-refractivity contribution in [1.82, 2.24) is 10.2 Å². The summed E-state index contributed by atoms with van der Waals surface area (Å²) in [5.41, 5.74) is 0.0797. The molecule has 0 aliphatic carbocycles. The summed E-state index contributed by atoms with van der Waals surface area (Å²) in [5, 5.41) is 19.6. The highest BCUT2D eigenvalue weighted by atomic mass is 35.5. The van der Waals surface area contributed by atoms with Crippen LogP contribution >= 0.6 is 11.6 Å². The molecule has 0 aliphatic rings. The molecule has 0 saturated heterocycles. The summed E-state index contributed by atoms with van der Waals surface area (Å²) < 4.78 is 4.99. The van der Waals surface area contributed by atoms with Gasteiger partial charge in [0.1, 0.15) is 11.5 Å². The molecule has 0 atom stereocenters. The number of carbonyl (C=O) groups excluding carboxylic acids is 1. The van der Waals surface area contributed by atoms with E-state index in [1.54, 1.807) is 6.07 Å². The van der Waals surface area contributed by atoms with Crippen LogP contribution in [0.5, 0.6) is 11.5 Å². The van der Waals surface area contributed by atoms with Crippen LogP contribution in [0.3, 0.4) is 0 Å². The molecule has 1 aromatic carbocycles. The first-order chi connectivity index (χ1) is 9.10. The highest BCUT2D eigenvalue weighted by molar-refractivity contribution is 6.29. The fourth-order valence-electron chi connectivity index (χ4n) is 1.39. The first-order valence-corrected chi connectivity index (χ1v) is 5.65. The zero-order chi connectivity index (χ0) is 13.8. The van der Waals surface area contributed by atoms with Gasteiger partial charge in [-0.1, -0.05) is 11.6 Å². The monoisotopic (exact) mass is 279 g/mol. The predicted molar refractivity (Wildman–Crippen MR) is 69.7 cm³/mol. The van der Waals surface area contributed by atoms with Crippen LogP contribution in [0, 0.1) is 0 Å². The Bertz CT molecular complexity index is 602. The standard InChI is InChI=1S/C12H10ClN3O3/c1-19-7-2-3-9(17)8(6-7)12(18)14-11-5-4-10(13)15-16-11/h2-6,17H,1H3,(H,14,16,18). The Morgan fingerprint density at radius 2 is 2.11 bits per heavy atom. The van der Waals surface area contributed by atoms with Gasteiger partial charge in [-0.2, -0.15) is 0 Å². The number of nitrogens with one attached hydrogen (secondary N) is 1. The van der Waals surface area contributed by atoms with E-state index in [-0.39, 0.29) is 22.3 Å². The second-order valence-corrected chi connectivity index (χ2v) is 3.97. The molecule has 1 amide bonds. The van der Waals surface area contributed by atoms with E-state index in [1.807, 2.05) is 0 Å². The fourth-order valence-corrected chi connectivity index (χ4v) is 1.49. The van der Waals surface area contributed by atoms with Crippen LogP contribution < -0.4 is 10.1 Å². The number of nitrogens with zero attached hydrogens (tertiary/aromatic N) is 2. The Morgan fingerprint density at radius 1 is 1.32 bits per heavy atom. The highest BCUT2D eigenvalue weighted by Crippen LogP contribution is 2.23. The molecule has 6 nitrogen and oxygen atoms in total. The van der Waals surface area contributed by atoms with Gasteiger partial charge in [-0.15, -0.1) is 10.2 Å². The van der Waals surface area contributed by atoms with E-state index in [2.05, 4.69) is 15.5 Å². The van der Waals surface area contributed by atoms with Crippen LogP contribution in [0.2, 0.25) is 5.15 Å². The number of rotatable bonds is 3. The van der Waals surface area contributed by atoms with Crippen molar-refractivity contribution in [3.05, 3.63) is 41.0 Å². The number of anilines is 1. The van der Waals surface area contributed by atoms with Crippen molar-refractivity contribution in [2.24, 2.45) is 0 Å². The Labute approximate surface area is 114 Å². The minimum atomic E-state index is -0.520. The molecule has 0 fully saturated rings. The highest BCUT2D eigenvalue weighted by Gasteiger charge is 2.13. The third-order valence-corrected chi connectivity index (χ3v) is 2.52. The van der Waals surface area contributed by atoms with Crippen molar-refractivity contribution in [2.75, 3.05) is 12.4 Å². The Kier molecular flexibility index (Phi) is 3.82. The molecule has 2 aromatic rings. The maximum Gasteiger partial charge on any atom is 0.260 e. The number of ether oxygens (including phenoxy) is 1. The molecule has 2 rings (SSSR count). The van der Waals surface area contributed by atoms with Gasteiger partial charge in [0.2, 0.25) is 0 Å². The van der Waals surface area contributed by atoms with Crippen molar-refractivity contribution >= 4 is 23.3 Å². The lowest BCUT2D eigenvalue weighted by Crippen LogP contribution is -2.13. The van der Waals surface area contributed by atoms with E-state index in [9.17, 15) is 9.90 Å². The number of halogens is 1. The Hall–Kier alpha value is -2.34. The fraction of sp³-hybridized carbons (Fsp3) is 0.0833. The van der Waals surface area contributed by atoms with Crippen molar-refractivity contribution in [1.29, 1.82) is 0 Å². The SMILES string of the molecule is COc1ccc(O)c(C(=O)Nc2ccc(Cl)nn2)c1. The maximum absolute atomic E-state index is 12.0. The molecule has 1 aromatic heterocycles. The van der Waals surface area contributed by atoms with E-state index in [1.165, 1.54) is 31.4 Å². The van der Waals surface area contributed by atoms with E-state index in [0.29, 0.717) is 5.75 Å². The predicted octanol–water partition coefficient (Wildman–Crippen LogP) is 2.10. The van der Waals surface area contributed by atoms with Gasteiger partial charge in [-0.05, 0) is 30.3 Å². The van der Waals surface area contributed by atoms with Gasteiger partial charge >= 0.3 is 0 Å². The zero-order valence-electron chi connectivity index (χ0n) is 9.92. The molecule has 98 valence electrons. The quantitative estimate of drug-likeness (QED) is 0.899. The maximum atomic E-state index is 12.0. The number of hydrogen-bond donors (Lipinski definition) is 2. The molecule has 0 radical (unpaired) electrons. The molecule has 0 aliphatic heterocycles. The lowest BCUT2D eigenvalue weighted by molar-refractivity contribution is 0.102. The topological polar surface area (TPSA) is 84.3 Å². The second kappa shape index (κ2) is 5.53. The third-order valence-electron chi connectivity index (χ3n) is 2.32. The summed E-state index contributed by atoms with van der Waals surface area (Å²) in [6.07, 6.45) is 0. The van der Waals surface area contributed by atoms with Gasteiger partial charge in [-0.3, -0.25) is 4.79 Å². The van der Waals surface area contributed by atoms with Gasteiger partial charge in [-0.25, -0.2) is 0 Å². The first-order valence-electron chi connectivity index (χ1n) is 5.28. The number of benzene rings is 1. The lowest BCUT2D eigenvalue weighted by Gasteiger charge is -2.07. The smallest absolute Gasteiger partial charge is 0.260 e. The average molecular weight is 280 g/mol. The minimum absolute atomic E-state index is 0.0797. The summed E-state index contributed by atoms with van der Waals surface area (Å²) in [6, 6.07) is 7.35. The molecule has 0 spiro atoms. The normalized spacial score (nSPS) is 10.0. The summed E-state index contributed by atoms with van der Waals surface area (Å²) in [7, 11) is 1.47. The molecule has 19 heavy (non-hydrogen) atoms. The molecule has 0 bridgehead atoms. The number of carbonyl (C=O) groups is 1. The van der Waals surface area contributed by atoms with Crippen LogP contribution in [0.1, 0.15) is 10.4 Å². The second-order valence-electron chi connectivity index (χ2n) is 3.58. The van der Waals surface area contributed by atoms with Crippen molar-refractivity contribution in [2.45, 2.75) is 0 Å². The van der Waals surface area contributed by atoms with E-state index in [0.717, 1.165) is 0 Å². The van der Waals surface area contributed by atoms with Gasteiger partial charge in [0.05, 0.1) is 12.7 Å². The number of methoxy groups -OCH3 is 1. The molecule has 2 N–H and O–H groups in total. The van der Waals surface area contributed by atoms with Crippen molar-refractivity contribution in [3.8, 4) is 11.5 Å². The third kappa shape index (κ3) is 3.11. The Morgan fingerprint density at radius 3 is 2.74 bits per heavy atom. The molecule has 1 heterocycles. The van der Waals surface area contributed by atoms with E-state index in [4.69, 9.17) is 16.3 Å². The molecule has 0 saturated carbocycles. The largest absolute Gasteiger partial charge is 0.507 e. The molecule has 0 unspecified atom stereocenters. The van der Waals surface area contributed by atoms with Gasteiger partial charge in [0, 0.05) is 0 Å². The van der Waals surface area contributed by atoms with Crippen LogP contribution in [0.4, 0.5) is 5.82 Å².